The molecule has 0 N–H and O–H groups in total. The van der Waals surface area contributed by atoms with Crippen LogP contribution in [0.1, 0.15) is 58.3 Å². The molecular formula is C23H29NOS. The number of hydrogen-bond donors (Lipinski definition) is 0. The Balaban J connectivity index is 1.39. The number of nitrogens with zero attached hydrogens (tertiary/aromatic N) is 1. The molecule has 0 aliphatic rings. The van der Waals surface area contributed by atoms with Gasteiger partial charge < -0.3 is 4.74 Å². The van der Waals surface area contributed by atoms with Gasteiger partial charge in [0.05, 0.1) is 16.8 Å². The number of para-hydroxylation sites is 1. The predicted octanol–water partition coefficient (Wildman–Crippen LogP) is 7.48. The molecule has 0 unspecified atom stereocenters. The molecule has 138 valence electrons. The first kappa shape index (κ1) is 18.9. The third kappa shape index (κ3) is 5.57. The molecule has 0 spiro atoms. The molecule has 1 aromatic heterocycles. The molecule has 1 heterocycles. The predicted molar refractivity (Wildman–Crippen MR) is 113 cm³/mol. The summed E-state index contributed by atoms with van der Waals surface area (Å²) in [7, 11) is 0. The Morgan fingerprint density at radius 1 is 0.808 bits per heavy atom. The highest BCUT2D eigenvalue weighted by atomic mass is 32.1. The summed E-state index contributed by atoms with van der Waals surface area (Å²) in [6, 6.07) is 16.6. The summed E-state index contributed by atoms with van der Waals surface area (Å²) in [5, 5.41) is 1.07. The molecule has 26 heavy (non-hydrogen) atoms. The van der Waals surface area contributed by atoms with E-state index in [0.29, 0.717) is 0 Å². The lowest BCUT2D eigenvalue weighted by molar-refractivity contribution is 0.304. The first-order chi connectivity index (χ1) is 12.9. The second kappa shape index (κ2) is 10.3. The summed E-state index contributed by atoms with van der Waals surface area (Å²) in [5.74, 6) is 0.956. The molecule has 0 atom stereocenters. The topological polar surface area (TPSA) is 22.1 Å². The minimum absolute atomic E-state index is 0.815. The van der Waals surface area contributed by atoms with Crippen molar-refractivity contribution in [3.8, 4) is 16.3 Å². The summed E-state index contributed by atoms with van der Waals surface area (Å²) in [5.41, 5.74) is 2.23. The zero-order valence-corrected chi connectivity index (χ0v) is 16.6. The first-order valence-corrected chi connectivity index (χ1v) is 10.8. The van der Waals surface area contributed by atoms with Crippen LogP contribution in [-0.4, -0.2) is 11.6 Å². The average Bonchev–Trinajstić information content (AvgIpc) is 3.11. The lowest BCUT2D eigenvalue weighted by Gasteiger charge is -2.07. The van der Waals surface area contributed by atoms with Crippen molar-refractivity contribution < 1.29 is 4.74 Å². The fourth-order valence-corrected chi connectivity index (χ4v) is 4.09. The van der Waals surface area contributed by atoms with Crippen LogP contribution in [0, 0.1) is 0 Å². The van der Waals surface area contributed by atoms with E-state index < -0.39 is 0 Å². The van der Waals surface area contributed by atoms with Crippen LogP contribution < -0.4 is 4.74 Å². The molecule has 2 nitrogen and oxygen atoms in total. The van der Waals surface area contributed by atoms with Crippen LogP contribution in [0.4, 0.5) is 0 Å². The van der Waals surface area contributed by atoms with Gasteiger partial charge in [-0.25, -0.2) is 4.98 Å². The van der Waals surface area contributed by atoms with Gasteiger partial charge in [0.25, 0.3) is 0 Å². The van der Waals surface area contributed by atoms with E-state index in [1.54, 1.807) is 11.3 Å². The maximum atomic E-state index is 5.88. The fraction of sp³-hybridized carbons (Fsp3) is 0.435. The largest absolute Gasteiger partial charge is 0.494 e. The van der Waals surface area contributed by atoms with Gasteiger partial charge >= 0.3 is 0 Å². The minimum atomic E-state index is 0.815. The van der Waals surface area contributed by atoms with Gasteiger partial charge in [-0.05, 0) is 42.8 Å². The van der Waals surface area contributed by atoms with Gasteiger partial charge in [-0.3, -0.25) is 0 Å². The van der Waals surface area contributed by atoms with Crippen LogP contribution in [0.3, 0.4) is 0 Å². The Labute approximate surface area is 161 Å². The Morgan fingerprint density at radius 2 is 1.50 bits per heavy atom. The highest BCUT2D eigenvalue weighted by Crippen LogP contribution is 2.30. The molecule has 0 bridgehead atoms. The van der Waals surface area contributed by atoms with Gasteiger partial charge in [-0.1, -0.05) is 64.0 Å². The van der Waals surface area contributed by atoms with Crippen LogP contribution >= 0.6 is 11.3 Å². The van der Waals surface area contributed by atoms with Crippen molar-refractivity contribution in [1.82, 2.24) is 4.98 Å². The first-order valence-electron chi connectivity index (χ1n) is 9.95. The number of unbranched alkanes of at least 4 members (excludes halogenated alkanes) is 7. The van der Waals surface area contributed by atoms with Gasteiger partial charge in [-0.2, -0.15) is 0 Å². The van der Waals surface area contributed by atoms with Crippen molar-refractivity contribution in [2.24, 2.45) is 0 Å². The van der Waals surface area contributed by atoms with Crippen LogP contribution in [-0.2, 0) is 0 Å². The molecule has 0 fully saturated rings. The van der Waals surface area contributed by atoms with Crippen molar-refractivity contribution in [3.05, 3.63) is 48.5 Å². The van der Waals surface area contributed by atoms with Gasteiger partial charge in [-0.15, -0.1) is 11.3 Å². The van der Waals surface area contributed by atoms with Crippen molar-refractivity contribution in [2.45, 2.75) is 58.3 Å². The monoisotopic (exact) mass is 367 g/mol. The van der Waals surface area contributed by atoms with E-state index in [1.165, 1.54) is 49.6 Å². The molecule has 0 aliphatic carbocycles. The van der Waals surface area contributed by atoms with Gasteiger partial charge in [0, 0.05) is 5.56 Å². The van der Waals surface area contributed by atoms with Crippen molar-refractivity contribution in [3.63, 3.8) is 0 Å². The Hall–Kier alpha value is -1.87. The summed E-state index contributed by atoms with van der Waals surface area (Å²) in [4.78, 5) is 4.71. The van der Waals surface area contributed by atoms with E-state index in [-0.39, 0.29) is 0 Å². The number of thiazole rings is 1. The Bertz CT molecular complexity index is 745. The maximum Gasteiger partial charge on any atom is 0.124 e. The fourth-order valence-electron chi connectivity index (χ4n) is 3.12. The van der Waals surface area contributed by atoms with Crippen molar-refractivity contribution in [2.75, 3.05) is 6.61 Å². The second-order valence-corrected chi connectivity index (χ2v) is 7.87. The Kier molecular flexibility index (Phi) is 7.51. The Morgan fingerprint density at radius 3 is 2.23 bits per heavy atom. The maximum absolute atomic E-state index is 5.88. The SMILES string of the molecule is CCCCCCCCCCOc1ccc(-c2nc3ccccc3s2)cc1. The number of ether oxygens (including phenoxy) is 1. The van der Waals surface area contributed by atoms with E-state index in [0.717, 1.165) is 34.9 Å². The lowest BCUT2D eigenvalue weighted by Crippen LogP contribution is -1.97. The van der Waals surface area contributed by atoms with Crippen LogP contribution in [0.2, 0.25) is 0 Å². The second-order valence-electron chi connectivity index (χ2n) is 6.83. The normalized spacial score (nSPS) is 11.1. The zero-order valence-electron chi connectivity index (χ0n) is 15.7. The van der Waals surface area contributed by atoms with Gasteiger partial charge in [0.15, 0.2) is 0 Å². The standard InChI is InChI=1S/C23H29NOS/c1-2-3-4-5-6-7-8-11-18-25-20-16-14-19(15-17-20)23-24-21-12-9-10-13-22(21)26-23/h9-10,12-17H,2-8,11,18H2,1H3. The van der Waals surface area contributed by atoms with Gasteiger partial charge in [0.1, 0.15) is 10.8 Å². The zero-order chi connectivity index (χ0) is 18.0. The van der Waals surface area contributed by atoms with Crippen molar-refractivity contribution >= 4 is 21.6 Å². The van der Waals surface area contributed by atoms with Crippen molar-refractivity contribution in [1.29, 1.82) is 0 Å². The van der Waals surface area contributed by atoms with Gasteiger partial charge in [0.2, 0.25) is 0 Å². The lowest BCUT2D eigenvalue weighted by atomic mass is 10.1. The van der Waals surface area contributed by atoms with E-state index in [4.69, 9.17) is 9.72 Å². The molecule has 0 saturated carbocycles. The third-order valence-electron chi connectivity index (χ3n) is 4.66. The average molecular weight is 368 g/mol. The van der Waals surface area contributed by atoms with Crippen LogP contribution in [0.15, 0.2) is 48.5 Å². The summed E-state index contributed by atoms with van der Waals surface area (Å²) >= 11 is 1.74. The van der Waals surface area contributed by atoms with E-state index in [9.17, 15) is 0 Å². The molecule has 0 saturated heterocycles. The molecule has 3 rings (SSSR count). The molecule has 3 heteroatoms. The molecule has 2 aromatic carbocycles. The van der Waals surface area contributed by atoms with E-state index in [1.807, 2.05) is 6.07 Å². The minimum Gasteiger partial charge on any atom is -0.494 e. The molecule has 0 aliphatic heterocycles. The third-order valence-corrected chi connectivity index (χ3v) is 5.75. The van der Waals surface area contributed by atoms with E-state index >= 15 is 0 Å². The highest BCUT2D eigenvalue weighted by molar-refractivity contribution is 7.21. The molecule has 0 radical (unpaired) electrons. The summed E-state index contributed by atoms with van der Waals surface area (Å²) in [6.45, 7) is 3.08. The number of rotatable bonds is 11. The number of aromatic nitrogens is 1. The van der Waals surface area contributed by atoms with Crippen LogP contribution in [0.5, 0.6) is 5.75 Å². The number of hydrogen-bond acceptors (Lipinski definition) is 3. The van der Waals surface area contributed by atoms with Crippen LogP contribution in [0.25, 0.3) is 20.8 Å². The number of fused-ring (bicyclic) bond motifs is 1. The molecule has 0 amide bonds. The van der Waals surface area contributed by atoms with E-state index in [2.05, 4.69) is 49.4 Å². The quantitative estimate of drug-likeness (QED) is 0.328. The summed E-state index contributed by atoms with van der Waals surface area (Å²) < 4.78 is 7.12. The molecular weight excluding hydrogens is 338 g/mol. The summed E-state index contributed by atoms with van der Waals surface area (Å²) in [6.07, 6.45) is 10.6. The smallest absolute Gasteiger partial charge is 0.124 e. The highest BCUT2D eigenvalue weighted by Gasteiger charge is 2.06. The molecule has 3 aromatic rings. The number of benzene rings is 2.